The van der Waals surface area contributed by atoms with E-state index >= 15 is 0 Å². The van der Waals surface area contributed by atoms with Gasteiger partial charge in [-0.1, -0.05) is 0 Å². The normalized spacial score (nSPS) is 17.1. The topological polar surface area (TPSA) is 36.4 Å². The Morgan fingerprint density at radius 2 is 1.88 bits per heavy atom. The number of aldehydes is 1. The minimum absolute atomic E-state index is 0.685. The molecule has 2 rings (SSSR count). The number of rotatable bonds is 5. The minimum atomic E-state index is 0.685. The quantitative estimate of drug-likeness (QED) is 0.565. The predicted molar refractivity (Wildman–Crippen MR) is 68.2 cm³/mol. The second kappa shape index (κ2) is 6.35. The molecule has 4 nitrogen and oxygen atoms in total. The van der Waals surface area contributed by atoms with Crippen LogP contribution in [0.1, 0.15) is 12.8 Å². The first kappa shape index (κ1) is 12.0. The highest BCUT2D eigenvalue weighted by Crippen LogP contribution is 2.14. The number of hydrogen-bond donors (Lipinski definition) is 0. The number of pyridine rings is 1. The molecule has 1 saturated heterocycles. The van der Waals surface area contributed by atoms with Crippen molar-refractivity contribution in [3.8, 4) is 0 Å². The molecule has 17 heavy (non-hydrogen) atoms. The molecule has 1 aromatic rings. The van der Waals surface area contributed by atoms with E-state index in [0.717, 1.165) is 45.4 Å². The van der Waals surface area contributed by atoms with Crippen molar-refractivity contribution in [3.63, 3.8) is 0 Å². The van der Waals surface area contributed by atoms with Crippen LogP contribution in [0.15, 0.2) is 24.5 Å². The molecule has 0 bridgehead atoms. The van der Waals surface area contributed by atoms with Gasteiger partial charge < -0.3 is 9.69 Å². The Morgan fingerprint density at radius 3 is 2.53 bits per heavy atom. The van der Waals surface area contributed by atoms with Gasteiger partial charge in [-0.3, -0.25) is 9.88 Å². The molecule has 1 fully saturated rings. The molecule has 1 aliphatic heterocycles. The third-order valence-electron chi connectivity index (χ3n) is 3.20. The van der Waals surface area contributed by atoms with Crippen molar-refractivity contribution in [3.05, 3.63) is 24.5 Å². The van der Waals surface area contributed by atoms with Crippen LogP contribution in [0.5, 0.6) is 0 Å². The van der Waals surface area contributed by atoms with Crippen LogP contribution in [-0.2, 0) is 4.79 Å². The predicted octanol–water partition coefficient (Wildman–Crippen LogP) is 1.18. The molecule has 0 N–H and O–H groups in total. The van der Waals surface area contributed by atoms with Crippen LogP contribution >= 0.6 is 0 Å². The molecule has 1 aliphatic rings. The van der Waals surface area contributed by atoms with Crippen LogP contribution in [-0.4, -0.2) is 48.9 Å². The van der Waals surface area contributed by atoms with Crippen molar-refractivity contribution in [2.24, 2.45) is 0 Å². The summed E-state index contributed by atoms with van der Waals surface area (Å²) in [5.41, 5.74) is 1.26. The first-order valence-corrected chi connectivity index (χ1v) is 6.21. The Hall–Kier alpha value is -1.42. The number of carbonyl (C=O) groups is 1. The number of nitrogens with zero attached hydrogens (tertiary/aromatic N) is 3. The zero-order chi connectivity index (χ0) is 11.9. The average molecular weight is 233 g/mol. The lowest BCUT2D eigenvalue weighted by atomic mass is 10.2. The number of hydrogen-bond acceptors (Lipinski definition) is 4. The molecule has 92 valence electrons. The lowest BCUT2D eigenvalue weighted by Gasteiger charge is -2.35. The summed E-state index contributed by atoms with van der Waals surface area (Å²) in [6, 6.07) is 4.12. The molecule has 0 unspecified atom stereocenters. The number of anilines is 1. The molecule has 1 aromatic heterocycles. The van der Waals surface area contributed by atoms with E-state index in [2.05, 4.69) is 26.9 Å². The Labute approximate surface area is 102 Å². The molecular formula is C13H19N3O. The summed E-state index contributed by atoms with van der Waals surface area (Å²) < 4.78 is 0. The van der Waals surface area contributed by atoms with Crippen LogP contribution in [0.2, 0.25) is 0 Å². The van der Waals surface area contributed by atoms with E-state index in [-0.39, 0.29) is 0 Å². The third kappa shape index (κ3) is 3.53. The van der Waals surface area contributed by atoms with Crippen LogP contribution in [0, 0.1) is 0 Å². The highest BCUT2D eigenvalue weighted by Gasteiger charge is 2.16. The van der Waals surface area contributed by atoms with Gasteiger partial charge in [0.05, 0.1) is 0 Å². The number of aromatic nitrogens is 1. The number of carbonyl (C=O) groups excluding carboxylic acids is 1. The maximum absolute atomic E-state index is 10.3. The standard InChI is InChI=1S/C13H19N3O/c17-12-2-1-7-15-8-10-16(11-9-15)13-3-5-14-6-4-13/h3-6,12H,1-2,7-11H2. The summed E-state index contributed by atoms with van der Waals surface area (Å²) in [5.74, 6) is 0. The van der Waals surface area contributed by atoms with Crippen molar-refractivity contribution in [2.75, 3.05) is 37.6 Å². The Balaban J connectivity index is 1.76. The van der Waals surface area contributed by atoms with Crippen molar-refractivity contribution >= 4 is 12.0 Å². The third-order valence-corrected chi connectivity index (χ3v) is 3.20. The molecule has 4 heteroatoms. The van der Waals surface area contributed by atoms with Gasteiger partial charge in [0, 0.05) is 50.7 Å². The first-order valence-electron chi connectivity index (χ1n) is 6.21. The summed E-state index contributed by atoms with van der Waals surface area (Å²) in [7, 11) is 0. The second-order valence-electron chi connectivity index (χ2n) is 4.34. The second-order valence-corrected chi connectivity index (χ2v) is 4.34. The lowest BCUT2D eigenvalue weighted by molar-refractivity contribution is -0.108. The monoisotopic (exact) mass is 233 g/mol. The van der Waals surface area contributed by atoms with Gasteiger partial charge in [0.2, 0.25) is 0 Å². The summed E-state index contributed by atoms with van der Waals surface area (Å²) in [6.45, 7) is 5.33. The van der Waals surface area contributed by atoms with Gasteiger partial charge in [0.15, 0.2) is 0 Å². The summed E-state index contributed by atoms with van der Waals surface area (Å²) in [4.78, 5) is 19.1. The molecule has 0 aliphatic carbocycles. The Morgan fingerprint density at radius 1 is 1.18 bits per heavy atom. The molecule has 0 amide bonds. The van der Waals surface area contributed by atoms with E-state index in [9.17, 15) is 4.79 Å². The van der Waals surface area contributed by atoms with E-state index in [4.69, 9.17) is 0 Å². The van der Waals surface area contributed by atoms with E-state index in [1.54, 1.807) is 0 Å². The van der Waals surface area contributed by atoms with Crippen molar-refractivity contribution in [1.29, 1.82) is 0 Å². The van der Waals surface area contributed by atoms with Gasteiger partial charge in [-0.2, -0.15) is 0 Å². The summed E-state index contributed by atoms with van der Waals surface area (Å²) >= 11 is 0. The van der Waals surface area contributed by atoms with Crippen LogP contribution in [0.25, 0.3) is 0 Å². The average Bonchev–Trinajstić information content (AvgIpc) is 2.41. The molecule has 0 spiro atoms. The fourth-order valence-electron chi connectivity index (χ4n) is 2.18. The summed E-state index contributed by atoms with van der Waals surface area (Å²) in [5, 5.41) is 0. The van der Waals surface area contributed by atoms with Crippen LogP contribution in [0.3, 0.4) is 0 Å². The Kier molecular flexibility index (Phi) is 4.50. The highest BCUT2D eigenvalue weighted by atomic mass is 16.1. The smallest absolute Gasteiger partial charge is 0.120 e. The van der Waals surface area contributed by atoms with Crippen molar-refractivity contribution in [2.45, 2.75) is 12.8 Å². The molecule has 0 atom stereocenters. The maximum atomic E-state index is 10.3. The minimum Gasteiger partial charge on any atom is -0.369 e. The molecule has 0 saturated carbocycles. The number of piperazine rings is 1. The largest absolute Gasteiger partial charge is 0.369 e. The van der Waals surface area contributed by atoms with Gasteiger partial charge in [0.25, 0.3) is 0 Å². The molecule has 2 heterocycles. The zero-order valence-corrected chi connectivity index (χ0v) is 10.1. The highest BCUT2D eigenvalue weighted by molar-refractivity contribution is 5.49. The van der Waals surface area contributed by atoms with Crippen LogP contribution < -0.4 is 4.90 Å². The van der Waals surface area contributed by atoms with Gasteiger partial charge in [-0.05, 0) is 25.1 Å². The zero-order valence-electron chi connectivity index (χ0n) is 10.1. The SMILES string of the molecule is O=CCCCN1CCN(c2ccncc2)CC1. The molecular weight excluding hydrogens is 214 g/mol. The lowest BCUT2D eigenvalue weighted by Crippen LogP contribution is -2.46. The van der Waals surface area contributed by atoms with Gasteiger partial charge in [-0.15, -0.1) is 0 Å². The maximum Gasteiger partial charge on any atom is 0.120 e. The van der Waals surface area contributed by atoms with E-state index in [1.807, 2.05) is 12.4 Å². The van der Waals surface area contributed by atoms with Gasteiger partial charge in [0.1, 0.15) is 6.29 Å². The fraction of sp³-hybridized carbons (Fsp3) is 0.538. The van der Waals surface area contributed by atoms with E-state index in [1.165, 1.54) is 5.69 Å². The first-order chi connectivity index (χ1) is 8.40. The van der Waals surface area contributed by atoms with Gasteiger partial charge >= 0.3 is 0 Å². The van der Waals surface area contributed by atoms with E-state index < -0.39 is 0 Å². The van der Waals surface area contributed by atoms with Crippen molar-refractivity contribution in [1.82, 2.24) is 9.88 Å². The van der Waals surface area contributed by atoms with E-state index in [0.29, 0.717) is 6.42 Å². The van der Waals surface area contributed by atoms with Crippen LogP contribution in [0.4, 0.5) is 5.69 Å². The van der Waals surface area contributed by atoms with Gasteiger partial charge in [-0.25, -0.2) is 0 Å². The summed E-state index contributed by atoms with van der Waals surface area (Å²) in [6.07, 6.45) is 6.36. The molecule has 0 aromatic carbocycles. The fourth-order valence-corrected chi connectivity index (χ4v) is 2.18. The Bertz CT molecular complexity index is 334. The molecule has 0 radical (unpaired) electrons. The van der Waals surface area contributed by atoms with Crippen molar-refractivity contribution < 1.29 is 4.79 Å². The number of unbranched alkanes of at least 4 members (excludes halogenated alkanes) is 1.